The number of hydrogen-bond acceptors (Lipinski definition) is 7. The van der Waals surface area contributed by atoms with E-state index < -0.39 is 21.8 Å². The zero-order valence-electron chi connectivity index (χ0n) is 22.8. The van der Waals surface area contributed by atoms with Gasteiger partial charge in [0.05, 0.1) is 13.4 Å². The lowest BCUT2D eigenvalue weighted by Crippen LogP contribution is -2.53. The maximum Gasteiger partial charge on any atom is 0.407 e. The van der Waals surface area contributed by atoms with Gasteiger partial charge in [-0.15, -0.1) is 0 Å². The van der Waals surface area contributed by atoms with E-state index in [1.54, 1.807) is 6.07 Å². The Morgan fingerprint density at radius 1 is 1.08 bits per heavy atom. The van der Waals surface area contributed by atoms with Crippen LogP contribution in [0.15, 0.2) is 30.3 Å². The lowest BCUT2D eigenvalue weighted by Gasteiger charge is -2.48. The van der Waals surface area contributed by atoms with Crippen molar-refractivity contribution in [3.63, 3.8) is 0 Å². The number of carbonyl (C=O) groups excluding carboxylic acids is 1. The SMILES string of the molecule is COc1cc2c(cc1OS(C)(=O)=O)CCN1CC(c3cc(C)ccc3C)C(NC(=O)OC(C)(C)C)CC21. The van der Waals surface area contributed by atoms with Crippen LogP contribution in [-0.2, 0) is 21.3 Å². The number of nitrogens with one attached hydrogen (secondary N) is 1. The third kappa shape index (κ3) is 6.38. The first-order valence-corrected chi connectivity index (χ1v) is 14.5. The van der Waals surface area contributed by atoms with Gasteiger partial charge in [-0.1, -0.05) is 23.8 Å². The minimum atomic E-state index is -3.69. The summed E-state index contributed by atoms with van der Waals surface area (Å²) in [5.41, 5.74) is 5.12. The van der Waals surface area contributed by atoms with Gasteiger partial charge in [-0.3, -0.25) is 4.90 Å². The molecule has 2 aromatic carbocycles. The molecule has 3 unspecified atom stereocenters. The Morgan fingerprint density at radius 2 is 1.81 bits per heavy atom. The van der Waals surface area contributed by atoms with Gasteiger partial charge in [0.1, 0.15) is 5.60 Å². The standard InChI is InChI=1S/C28H38N2O6S/c1-17-8-9-18(2)20(12-17)22-16-30-11-10-19-13-26(36-37(7,32)33)25(34-6)14-21(19)24(30)15-23(22)29-27(31)35-28(3,4)5/h8-9,12-14,22-24H,10-11,15-16H2,1-7H3,(H,29,31). The van der Waals surface area contributed by atoms with Crippen LogP contribution in [0.5, 0.6) is 11.5 Å². The second kappa shape index (κ2) is 10.2. The molecule has 202 valence electrons. The number of aryl methyl sites for hydroxylation is 2. The van der Waals surface area contributed by atoms with Gasteiger partial charge in [-0.25, -0.2) is 4.79 Å². The number of methoxy groups -OCH3 is 1. The van der Waals surface area contributed by atoms with Gasteiger partial charge >= 0.3 is 16.2 Å². The number of rotatable bonds is 5. The minimum absolute atomic E-state index is 0.0336. The third-order valence-corrected chi connectivity index (χ3v) is 7.55. The van der Waals surface area contributed by atoms with Crippen LogP contribution < -0.4 is 14.2 Å². The van der Waals surface area contributed by atoms with Gasteiger partial charge in [0.15, 0.2) is 11.5 Å². The molecule has 2 aliphatic heterocycles. The molecule has 8 nitrogen and oxygen atoms in total. The highest BCUT2D eigenvalue weighted by atomic mass is 32.2. The van der Waals surface area contributed by atoms with Crippen LogP contribution >= 0.6 is 0 Å². The summed E-state index contributed by atoms with van der Waals surface area (Å²) in [5.74, 6) is 0.670. The number of hydrogen-bond donors (Lipinski definition) is 1. The molecule has 9 heteroatoms. The fraction of sp³-hybridized carbons (Fsp3) is 0.536. The first kappa shape index (κ1) is 27.3. The van der Waals surface area contributed by atoms with E-state index in [0.717, 1.165) is 36.9 Å². The smallest absolute Gasteiger partial charge is 0.407 e. The van der Waals surface area contributed by atoms with Crippen molar-refractivity contribution in [3.8, 4) is 11.5 Å². The molecule has 1 N–H and O–H groups in total. The fourth-order valence-electron chi connectivity index (χ4n) is 5.52. The van der Waals surface area contributed by atoms with Crippen molar-refractivity contribution in [3.05, 3.63) is 58.1 Å². The Labute approximate surface area is 220 Å². The molecule has 4 rings (SSSR count). The summed E-state index contributed by atoms with van der Waals surface area (Å²) in [6.07, 6.45) is 2.04. The highest BCUT2D eigenvalue weighted by Gasteiger charge is 2.41. The Hall–Kier alpha value is -2.78. The zero-order valence-corrected chi connectivity index (χ0v) is 23.6. The van der Waals surface area contributed by atoms with Gasteiger partial charge in [0, 0.05) is 31.1 Å². The van der Waals surface area contributed by atoms with Gasteiger partial charge in [-0.05, 0) is 81.8 Å². The lowest BCUT2D eigenvalue weighted by molar-refractivity contribution is 0.0412. The molecule has 1 amide bonds. The Bertz CT molecular complexity index is 1280. The van der Waals surface area contributed by atoms with Crippen molar-refractivity contribution in [2.45, 2.75) is 71.1 Å². The average Bonchev–Trinajstić information content (AvgIpc) is 2.77. The topological polar surface area (TPSA) is 94.2 Å². The molecule has 1 saturated heterocycles. The summed E-state index contributed by atoms with van der Waals surface area (Å²) in [6.45, 7) is 11.4. The molecule has 0 radical (unpaired) electrons. The molecular formula is C28H38N2O6S. The van der Waals surface area contributed by atoms with E-state index in [-0.39, 0.29) is 23.8 Å². The van der Waals surface area contributed by atoms with E-state index in [0.29, 0.717) is 12.2 Å². The lowest BCUT2D eigenvalue weighted by atomic mass is 9.76. The third-order valence-electron chi connectivity index (χ3n) is 7.07. The monoisotopic (exact) mass is 530 g/mol. The van der Waals surface area contributed by atoms with E-state index >= 15 is 0 Å². The van der Waals surface area contributed by atoms with Crippen LogP contribution in [0.25, 0.3) is 0 Å². The summed E-state index contributed by atoms with van der Waals surface area (Å²) in [5, 5.41) is 3.18. The number of fused-ring (bicyclic) bond motifs is 3. The largest absolute Gasteiger partial charge is 0.493 e. The molecule has 37 heavy (non-hydrogen) atoms. The van der Waals surface area contributed by atoms with Crippen LogP contribution in [0.2, 0.25) is 0 Å². The van der Waals surface area contributed by atoms with Crippen molar-refractivity contribution in [1.29, 1.82) is 0 Å². The van der Waals surface area contributed by atoms with Crippen LogP contribution in [0.1, 0.15) is 67.0 Å². The zero-order chi connectivity index (χ0) is 27.1. The molecule has 0 aliphatic carbocycles. The highest BCUT2D eigenvalue weighted by Crippen LogP contribution is 2.45. The molecule has 0 aromatic heterocycles. The second-order valence-corrected chi connectivity index (χ2v) is 12.8. The number of piperidine rings is 1. The molecule has 2 aliphatic rings. The quantitative estimate of drug-likeness (QED) is 0.563. The summed E-state index contributed by atoms with van der Waals surface area (Å²) in [4.78, 5) is 15.4. The number of carbonyl (C=O) groups is 1. The summed E-state index contributed by atoms with van der Waals surface area (Å²) in [7, 11) is -2.19. The maximum absolute atomic E-state index is 12.9. The molecule has 0 saturated carbocycles. The molecule has 0 spiro atoms. The van der Waals surface area contributed by atoms with Crippen molar-refractivity contribution in [1.82, 2.24) is 10.2 Å². The van der Waals surface area contributed by atoms with Crippen LogP contribution in [0.3, 0.4) is 0 Å². The highest BCUT2D eigenvalue weighted by molar-refractivity contribution is 7.86. The molecular weight excluding hydrogens is 492 g/mol. The predicted octanol–water partition coefficient (Wildman–Crippen LogP) is 4.63. The Kier molecular flexibility index (Phi) is 7.50. The normalized spacial score (nSPS) is 22.0. The van der Waals surface area contributed by atoms with Crippen LogP contribution in [0.4, 0.5) is 4.79 Å². The van der Waals surface area contributed by atoms with Gasteiger partial charge in [0.25, 0.3) is 0 Å². The van der Waals surface area contributed by atoms with E-state index in [1.165, 1.54) is 23.8 Å². The van der Waals surface area contributed by atoms with Crippen molar-refractivity contribution in [2.24, 2.45) is 0 Å². The first-order valence-electron chi connectivity index (χ1n) is 12.6. The van der Waals surface area contributed by atoms with Crippen LogP contribution in [0, 0.1) is 13.8 Å². The number of amides is 1. The predicted molar refractivity (Wildman–Crippen MR) is 143 cm³/mol. The van der Waals surface area contributed by atoms with E-state index in [2.05, 4.69) is 42.3 Å². The van der Waals surface area contributed by atoms with E-state index in [4.69, 9.17) is 13.7 Å². The minimum Gasteiger partial charge on any atom is -0.493 e. The molecule has 2 aromatic rings. The number of benzene rings is 2. The number of ether oxygens (including phenoxy) is 2. The molecule has 3 atom stereocenters. The molecule has 2 heterocycles. The number of alkyl carbamates (subject to hydrolysis) is 1. The van der Waals surface area contributed by atoms with Crippen LogP contribution in [-0.4, -0.2) is 57.5 Å². The van der Waals surface area contributed by atoms with Gasteiger partial charge < -0.3 is 19.0 Å². The fourth-order valence-corrected chi connectivity index (χ4v) is 5.98. The maximum atomic E-state index is 12.9. The number of nitrogens with zero attached hydrogens (tertiary/aromatic N) is 1. The van der Waals surface area contributed by atoms with Crippen molar-refractivity contribution in [2.75, 3.05) is 26.5 Å². The Balaban J connectivity index is 1.71. The van der Waals surface area contributed by atoms with E-state index in [9.17, 15) is 13.2 Å². The van der Waals surface area contributed by atoms with Gasteiger partial charge in [-0.2, -0.15) is 8.42 Å². The molecule has 1 fully saturated rings. The van der Waals surface area contributed by atoms with Crippen molar-refractivity contribution < 1.29 is 26.9 Å². The summed E-state index contributed by atoms with van der Waals surface area (Å²) in [6, 6.07) is 10.0. The first-order chi connectivity index (χ1) is 17.2. The summed E-state index contributed by atoms with van der Waals surface area (Å²) < 4.78 is 39.9. The van der Waals surface area contributed by atoms with Gasteiger partial charge in [0.2, 0.25) is 0 Å². The average molecular weight is 531 g/mol. The Morgan fingerprint density at radius 3 is 2.46 bits per heavy atom. The summed E-state index contributed by atoms with van der Waals surface area (Å²) >= 11 is 0. The van der Waals surface area contributed by atoms with E-state index in [1.807, 2.05) is 26.8 Å². The second-order valence-electron chi connectivity index (χ2n) is 11.2. The van der Waals surface area contributed by atoms with Crippen molar-refractivity contribution >= 4 is 16.2 Å². The molecule has 0 bridgehead atoms.